The topological polar surface area (TPSA) is 134 Å². The van der Waals surface area contributed by atoms with Gasteiger partial charge < -0.3 is 25.0 Å². The predicted octanol–water partition coefficient (Wildman–Crippen LogP) is 2.77. The third-order valence-corrected chi connectivity index (χ3v) is 5.34. The highest BCUT2D eigenvalue weighted by Gasteiger charge is 2.28. The molecule has 0 spiro atoms. The van der Waals surface area contributed by atoms with E-state index >= 15 is 0 Å². The van der Waals surface area contributed by atoms with Crippen molar-refractivity contribution in [3.05, 3.63) is 36.0 Å². The van der Waals surface area contributed by atoms with E-state index in [1.807, 2.05) is 0 Å². The van der Waals surface area contributed by atoms with E-state index in [1.54, 1.807) is 45.0 Å². The van der Waals surface area contributed by atoms with E-state index < -0.39 is 23.6 Å². The summed E-state index contributed by atoms with van der Waals surface area (Å²) < 4.78 is 11.0. The quantitative estimate of drug-likeness (QED) is 0.554. The van der Waals surface area contributed by atoms with Gasteiger partial charge in [-0.25, -0.2) is 4.79 Å². The van der Waals surface area contributed by atoms with Crippen LogP contribution in [0, 0.1) is 11.3 Å². The summed E-state index contributed by atoms with van der Waals surface area (Å²) in [6.07, 6.45) is 3.07. The molecular weight excluding hydrogens is 450 g/mol. The molecular formula is C25H31N5O5. The van der Waals surface area contributed by atoms with E-state index in [-0.39, 0.29) is 12.5 Å². The van der Waals surface area contributed by atoms with Crippen LogP contribution >= 0.6 is 0 Å². The van der Waals surface area contributed by atoms with Gasteiger partial charge in [-0.15, -0.1) is 0 Å². The van der Waals surface area contributed by atoms with E-state index in [2.05, 4.69) is 21.7 Å². The molecule has 1 fully saturated rings. The number of benzene rings is 1. The Kier molecular flexibility index (Phi) is 8.47. The van der Waals surface area contributed by atoms with Crippen molar-refractivity contribution in [3.8, 4) is 11.8 Å². The molecule has 3 amide bonds. The normalized spacial score (nSPS) is 15.4. The van der Waals surface area contributed by atoms with Crippen LogP contribution in [0.2, 0.25) is 0 Å². The smallest absolute Gasteiger partial charge is 0.407 e. The molecule has 2 N–H and O–H groups in total. The SMILES string of the molecule is CC(C)(C)OC(=O)NCCCOc1ccc2nccc(C(=O)NCC(=O)N3CCCC3C#N)c2c1. The Balaban J connectivity index is 1.55. The predicted molar refractivity (Wildman–Crippen MR) is 129 cm³/mol. The number of hydrogen-bond acceptors (Lipinski definition) is 7. The number of nitrogens with zero attached hydrogens (tertiary/aromatic N) is 3. The van der Waals surface area contributed by atoms with Crippen molar-refractivity contribution in [1.82, 2.24) is 20.5 Å². The highest BCUT2D eigenvalue weighted by atomic mass is 16.6. The first-order valence-electron chi connectivity index (χ1n) is 11.6. The molecule has 186 valence electrons. The highest BCUT2D eigenvalue weighted by molar-refractivity contribution is 6.07. The molecule has 10 nitrogen and oxygen atoms in total. The highest BCUT2D eigenvalue weighted by Crippen LogP contribution is 2.23. The molecule has 0 aliphatic carbocycles. The summed E-state index contributed by atoms with van der Waals surface area (Å²) in [5.74, 6) is -0.122. The second kappa shape index (κ2) is 11.5. The molecule has 1 saturated heterocycles. The van der Waals surface area contributed by atoms with Gasteiger partial charge >= 0.3 is 6.09 Å². The zero-order chi connectivity index (χ0) is 25.4. The number of carbonyl (C=O) groups is 3. The molecule has 1 aromatic heterocycles. The first-order chi connectivity index (χ1) is 16.7. The lowest BCUT2D eigenvalue weighted by Crippen LogP contribution is -2.42. The van der Waals surface area contributed by atoms with Crippen molar-refractivity contribution >= 4 is 28.8 Å². The third kappa shape index (κ3) is 7.30. The number of aromatic nitrogens is 1. The molecule has 2 aromatic rings. The van der Waals surface area contributed by atoms with Crippen LogP contribution in [-0.2, 0) is 9.53 Å². The zero-order valence-corrected chi connectivity index (χ0v) is 20.3. The van der Waals surface area contributed by atoms with Crippen LogP contribution < -0.4 is 15.4 Å². The van der Waals surface area contributed by atoms with Crippen LogP contribution in [0.15, 0.2) is 30.5 Å². The lowest BCUT2D eigenvalue weighted by molar-refractivity contribution is -0.130. The summed E-state index contributed by atoms with van der Waals surface area (Å²) in [5, 5.41) is 15.1. The number of nitriles is 1. The molecule has 3 rings (SSSR count). The van der Waals surface area contributed by atoms with Gasteiger partial charge in [0.25, 0.3) is 5.91 Å². The molecule has 0 bridgehead atoms. The summed E-state index contributed by atoms with van der Waals surface area (Å²) >= 11 is 0. The van der Waals surface area contributed by atoms with Crippen molar-refractivity contribution in [2.24, 2.45) is 0 Å². The number of ether oxygens (including phenoxy) is 2. The molecule has 0 radical (unpaired) electrons. The Bertz CT molecular complexity index is 1120. The molecule has 1 aliphatic heterocycles. The maximum atomic E-state index is 12.8. The maximum Gasteiger partial charge on any atom is 0.407 e. The fraction of sp³-hybridized carbons (Fsp3) is 0.480. The lowest BCUT2D eigenvalue weighted by atomic mass is 10.1. The first-order valence-corrected chi connectivity index (χ1v) is 11.6. The van der Waals surface area contributed by atoms with Crippen LogP contribution in [0.1, 0.15) is 50.4 Å². The number of pyridine rings is 1. The Hall–Kier alpha value is -3.87. The van der Waals surface area contributed by atoms with Crippen LogP contribution in [0.5, 0.6) is 5.75 Å². The number of likely N-dealkylation sites (tertiary alicyclic amines) is 1. The Morgan fingerprint density at radius 2 is 2.03 bits per heavy atom. The van der Waals surface area contributed by atoms with Gasteiger partial charge in [0, 0.05) is 24.7 Å². The Labute approximate surface area is 204 Å². The number of alkyl carbamates (subject to hydrolysis) is 1. The second-order valence-electron chi connectivity index (χ2n) is 9.23. The van der Waals surface area contributed by atoms with Crippen molar-refractivity contribution < 1.29 is 23.9 Å². The summed E-state index contributed by atoms with van der Waals surface area (Å²) in [6, 6.07) is 8.53. The number of amides is 3. The van der Waals surface area contributed by atoms with E-state index in [0.717, 1.165) is 6.42 Å². The molecule has 1 unspecified atom stereocenters. The molecule has 1 atom stereocenters. The van der Waals surface area contributed by atoms with E-state index in [0.29, 0.717) is 54.8 Å². The lowest BCUT2D eigenvalue weighted by Gasteiger charge is -2.19. The van der Waals surface area contributed by atoms with Gasteiger partial charge in [0.1, 0.15) is 17.4 Å². The van der Waals surface area contributed by atoms with Crippen molar-refractivity contribution in [2.75, 3.05) is 26.2 Å². The third-order valence-electron chi connectivity index (χ3n) is 5.34. The van der Waals surface area contributed by atoms with Gasteiger partial charge in [0.15, 0.2) is 0 Å². The minimum absolute atomic E-state index is 0.179. The van der Waals surface area contributed by atoms with Gasteiger partial charge in [-0.05, 0) is 64.3 Å². The number of carbonyl (C=O) groups excluding carboxylic acids is 3. The fourth-order valence-corrected chi connectivity index (χ4v) is 3.73. The molecule has 2 heterocycles. The minimum Gasteiger partial charge on any atom is -0.494 e. The molecule has 1 aromatic carbocycles. The largest absolute Gasteiger partial charge is 0.494 e. The summed E-state index contributed by atoms with van der Waals surface area (Å²) in [5.41, 5.74) is 0.439. The average molecular weight is 482 g/mol. The van der Waals surface area contributed by atoms with Gasteiger partial charge in [-0.3, -0.25) is 14.6 Å². The summed E-state index contributed by atoms with van der Waals surface area (Å²) in [6.45, 7) is 6.50. The van der Waals surface area contributed by atoms with Crippen molar-refractivity contribution in [1.29, 1.82) is 5.26 Å². The number of hydrogen-bond donors (Lipinski definition) is 2. The zero-order valence-electron chi connectivity index (χ0n) is 20.3. The van der Waals surface area contributed by atoms with Gasteiger partial charge in [0.05, 0.1) is 30.3 Å². The van der Waals surface area contributed by atoms with Crippen LogP contribution in [0.3, 0.4) is 0 Å². The minimum atomic E-state index is -0.551. The number of nitrogens with one attached hydrogen (secondary N) is 2. The monoisotopic (exact) mass is 481 g/mol. The summed E-state index contributed by atoms with van der Waals surface area (Å²) in [7, 11) is 0. The van der Waals surface area contributed by atoms with E-state index in [4.69, 9.17) is 14.7 Å². The van der Waals surface area contributed by atoms with Crippen molar-refractivity contribution in [3.63, 3.8) is 0 Å². The Morgan fingerprint density at radius 1 is 1.23 bits per heavy atom. The van der Waals surface area contributed by atoms with E-state index in [1.165, 1.54) is 11.1 Å². The molecule has 10 heteroatoms. The maximum absolute atomic E-state index is 12.8. The van der Waals surface area contributed by atoms with E-state index in [9.17, 15) is 14.4 Å². The standard InChI is InChI=1S/C25H31N5O5/c1-25(2,3)35-24(33)28-10-5-13-34-18-7-8-21-20(14-18)19(9-11-27-21)23(32)29-16-22(31)30-12-4-6-17(30)15-26/h7-9,11,14,17H,4-6,10,12-13,16H2,1-3H3,(H,28,33)(H,29,32). The van der Waals surface area contributed by atoms with Crippen LogP contribution in [-0.4, -0.2) is 65.7 Å². The average Bonchev–Trinajstić information content (AvgIpc) is 3.29. The van der Waals surface area contributed by atoms with Crippen molar-refractivity contribution in [2.45, 2.75) is 51.7 Å². The fourth-order valence-electron chi connectivity index (χ4n) is 3.73. The van der Waals surface area contributed by atoms with Crippen LogP contribution in [0.25, 0.3) is 10.9 Å². The second-order valence-corrected chi connectivity index (χ2v) is 9.23. The van der Waals surface area contributed by atoms with Crippen LogP contribution in [0.4, 0.5) is 4.79 Å². The summed E-state index contributed by atoms with van der Waals surface area (Å²) in [4.78, 5) is 42.8. The van der Waals surface area contributed by atoms with Gasteiger partial charge in [-0.1, -0.05) is 0 Å². The number of rotatable bonds is 8. The van der Waals surface area contributed by atoms with Gasteiger partial charge in [-0.2, -0.15) is 5.26 Å². The number of fused-ring (bicyclic) bond motifs is 1. The molecule has 1 aliphatic rings. The molecule has 0 saturated carbocycles. The Morgan fingerprint density at radius 3 is 2.77 bits per heavy atom. The molecule has 35 heavy (non-hydrogen) atoms. The first kappa shape index (κ1) is 25.7. The van der Waals surface area contributed by atoms with Gasteiger partial charge in [0.2, 0.25) is 5.91 Å².